The van der Waals surface area contributed by atoms with Crippen molar-refractivity contribution < 1.29 is 0 Å². The molecule has 11 nitrogen and oxygen atoms in total. The van der Waals surface area contributed by atoms with Gasteiger partial charge in [-0.2, -0.15) is 5.21 Å². The van der Waals surface area contributed by atoms with Crippen LogP contribution in [0, 0.1) is 13.8 Å². The van der Waals surface area contributed by atoms with Crippen LogP contribution in [0.2, 0.25) is 0 Å². The summed E-state index contributed by atoms with van der Waals surface area (Å²) in [5, 5.41) is 20.9. The molecule has 5 rings (SSSR count). The number of aromatic nitrogens is 8. The van der Waals surface area contributed by atoms with Crippen molar-refractivity contribution in [2.24, 2.45) is 0 Å². The second-order valence-corrected chi connectivity index (χ2v) is 8.18. The van der Waals surface area contributed by atoms with E-state index >= 15 is 0 Å². The molecule has 11 heteroatoms. The van der Waals surface area contributed by atoms with Crippen molar-refractivity contribution in [1.82, 2.24) is 40.1 Å². The van der Waals surface area contributed by atoms with E-state index < -0.39 is 0 Å². The molecule has 0 radical (unpaired) electrons. The molecular weight excluding hydrogens is 420 g/mol. The van der Waals surface area contributed by atoms with Gasteiger partial charge in [0.05, 0.1) is 29.5 Å². The van der Waals surface area contributed by atoms with Crippen molar-refractivity contribution in [1.29, 1.82) is 0 Å². The van der Waals surface area contributed by atoms with Gasteiger partial charge in [-0.05, 0) is 56.5 Å². The fraction of sp³-hybridized carbons (Fsp3) is 0.318. The van der Waals surface area contributed by atoms with Crippen LogP contribution in [-0.2, 0) is 0 Å². The van der Waals surface area contributed by atoms with Gasteiger partial charge in [-0.15, -0.1) is 10.2 Å². The Morgan fingerprint density at radius 1 is 0.970 bits per heavy atom. The molecule has 0 spiro atoms. The maximum absolute atomic E-state index is 12.4. The fourth-order valence-corrected chi connectivity index (χ4v) is 3.99. The number of pyridine rings is 2. The molecule has 1 aliphatic carbocycles. The summed E-state index contributed by atoms with van der Waals surface area (Å²) in [7, 11) is 0. The minimum Gasteiger partial charge on any atom is -0.367 e. The average molecular weight is 445 g/mol. The molecule has 0 aromatic carbocycles. The maximum Gasteiger partial charge on any atom is 0.255 e. The van der Waals surface area contributed by atoms with Gasteiger partial charge in [0, 0.05) is 29.9 Å². The van der Waals surface area contributed by atoms with Gasteiger partial charge in [-0.25, -0.2) is 9.97 Å². The van der Waals surface area contributed by atoms with E-state index in [2.05, 4.69) is 46.2 Å². The van der Waals surface area contributed by atoms with Gasteiger partial charge in [0.25, 0.3) is 5.56 Å². The lowest BCUT2D eigenvalue weighted by molar-refractivity contribution is 0.718. The SMILES string of the molecule is Cc1ncc(N[C@H]2CC[C@H](Nc3ccc(-n4cc(-c5nn[nH]n5)ccc4=O)cn3)C2)nc1C. The largest absolute Gasteiger partial charge is 0.367 e. The summed E-state index contributed by atoms with van der Waals surface area (Å²) in [6.45, 7) is 3.93. The van der Waals surface area contributed by atoms with E-state index in [4.69, 9.17) is 0 Å². The first-order valence-electron chi connectivity index (χ1n) is 10.8. The molecule has 0 unspecified atom stereocenters. The van der Waals surface area contributed by atoms with E-state index in [1.54, 1.807) is 24.7 Å². The number of nitrogens with zero attached hydrogens (tertiary/aromatic N) is 7. The highest BCUT2D eigenvalue weighted by Gasteiger charge is 2.25. The minimum absolute atomic E-state index is 0.163. The number of anilines is 2. The monoisotopic (exact) mass is 444 g/mol. The Bertz CT molecular complexity index is 1300. The highest BCUT2D eigenvalue weighted by atomic mass is 16.1. The first-order valence-corrected chi connectivity index (χ1v) is 10.8. The standard InChI is InChI=1S/C22H24N10O/c1-13-14(2)25-20(11-23-13)27-17-5-4-16(9-17)26-19-7-6-18(10-24-19)32-12-15(3-8-21(32)33)22-28-30-31-29-22/h3,6-8,10-12,16-17H,4-5,9H2,1-2H3,(H,24,26)(H,25,27)(H,28,29,30,31)/t16-,17-/m0/s1. The van der Waals surface area contributed by atoms with Crippen LogP contribution in [0.1, 0.15) is 30.7 Å². The Kier molecular flexibility index (Phi) is 5.51. The van der Waals surface area contributed by atoms with Crippen molar-refractivity contribution in [2.75, 3.05) is 10.6 Å². The quantitative estimate of drug-likeness (QED) is 0.408. The molecule has 0 aliphatic heterocycles. The van der Waals surface area contributed by atoms with Crippen LogP contribution in [0.5, 0.6) is 0 Å². The van der Waals surface area contributed by atoms with Crippen molar-refractivity contribution in [3.63, 3.8) is 0 Å². The van der Waals surface area contributed by atoms with Crippen molar-refractivity contribution in [2.45, 2.75) is 45.2 Å². The van der Waals surface area contributed by atoms with Crippen LogP contribution >= 0.6 is 0 Å². The van der Waals surface area contributed by atoms with Crippen LogP contribution < -0.4 is 16.2 Å². The van der Waals surface area contributed by atoms with Gasteiger partial charge < -0.3 is 10.6 Å². The fourth-order valence-electron chi connectivity index (χ4n) is 3.99. The van der Waals surface area contributed by atoms with Crippen LogP contribution in [0.15, 0.2) is 47.7 Å². The highest BCUT2D eigenvalue weighted by molar-refractivity contribution is 5.53. The number of H-pyrrole nitrogens is 1. The van der Waals surface area contributed by atoms with Crippen LogP contribution in [0.25, 0.3) is 17.1 Å². The van der Waals surface area contributed by atoms with Gasteiger partial charge in [-0.1, -0.05) is 0 Å². The third-order valence-electron chi connectivity index (χ3n) is 5.87. The number of tetrazole rings is 1. The van der Waals surface area contributed by atoms with Crippen molar-refractivity contribution in [3.05, 3.63) is 64.6 Å². The maximum atomic E-state index is 12.4. The number of aryl methyl sites for hydroxylation is 2. The van der Waals surface area contributed by atoms with E-state index in [0.717, 1.165) is 42.3 Å². The van der Waals surface area contributed by atoms with E-state index in [0.29, 0.717) is 29.2 Å². The van der Waals surface area contributed by atoms with Crippen molar-refractivity contribution in [3.8, 4) is 17.1 Å². The first-order chi connectivity index (χ1) is 16.0. The van der Waals surface area contributed by atoms with Crippen LogP contribution in [-0.4, -0.2) is 52.2 Å². The molecule has 0 saturated heterocycles. The average Bonchev–Trinajstić information content (AvgIpc) is 3.50. The number of hydrogen-bond acceptors (Lipinski definition) is 9. The predicted molar refractivity (Wildman–Crippen MR) is 123 cm³/mol. The van der Waals surface area contributed by atoms with E-state index in [1.165, 1.54) is 10.6 Å². The molecule has 1 fully saturated rings. The second kappa shape index (κ2) is 8.77. The number of hydrogen-bond donors (Lipinski definition) is 3. The van der Waals surface area contributed by atoms with Gasteiger partial charge in [0.1, 0.15) is 11.6 Å². The lowest BCUT2D eigenvalue weighted by Gasteiger charge is -2.16. The van der Waals surface area contributed by atoms with E-state index in [1.807, 2.05) is 26.0 Å². The minimum atomic E-state index is -0.163. The summed E-state index contributed by atoms with van der Waals surface area (Å²) in [4.78, 5) is 25.8. The summed E-state index contributed by atoms with van der Waals surface area (Å²) >= 11 is 0. The van der Waals surface area contributed by atoms with Gasteiger partial charge >= 0.3 is 0 Å². The Morgan fingerprint density at radius 3 is 2.48 bits per heavy atom. The predicted octanol–water partition coefficient (Wildman–Crippen LogP) is 2.26. The second-order valence-electron chi connectivity index (χ2n) is 8.18. The lowest BCUT2D eigenvalue weighted by Crippen LogP contribution is -2.22. The zero-order valence-electron chi connectivity index (χ0n) is 18.4. The van der Waals surface area contributed by atoms with Gasteiger partial charge in [0.15, 0.2) is 0 Å². The van der Waals surface area contributed by atoms with E-state index in [-0.39, 0.29) is 5.56 Å². The smallest absolute Gasteiger partial charge is 0.255 e. The molecule has 4 aromatic rings. The van der Waals surface area contributed by atoms with E-state index in [9.17, 15) is 4.79 Å². The molecule has 0 bridgehead atoms. The molecule has 4 aromatic heterocycles. The third-order valence-corrected chi connectivity index (χ3v) is 5.87. The van der Waals surface area contributed by atoms with Gasteiger partial charge in [-0.3, -0.25) is 14.3 Å². The Labute approximate surface area is 189 Å². The molecule has 3 N–H and O–H groups in total. The topological polar surface area (TPSA) is 139 Å². The Balaban J connectivity index is 1.23. The molecule has 0 amide bonds. The van der Waals surface area contributed by atoms with Gasteiger partial charge in [0.2, 0.25) is 5.82 Å². The molecule has 2 atom stereocenters. The number of rotatable bonds is 6. The molecule has 1 saturated carbocycles. The highest BCUT2D eigenvalue weighted by Crippen LogP contribution is 2.25. The zero-order valence-corrected chi connectivity index (χ0v) is 18.4. The van der Waals surface area contributed by atoms with Crippen LogP contribution in [0.4, 0.5) is 11.6 Å². The van der Waals surface area contributed by atoms with Crippen LogP contribution in [0.3, 0.4) is 0 Å². The summed E-state index contributed by atoms with van der Waals surface area (Å²) in [6.07, 6.45) is 8.19. The van der Waals surface area contributed by atoms with Crippen molar-refractivity contribution >= 4 is 11.6 Å². The Hall–Kier alpha value is -4.15. The normalized spacial score (nSPS) is 17.8. The molecule has 1 aliphatic rings. The zero-order chi connectivity index (χ0) is 22.8. The molecule has 4 heterocycles. The summed E-state index contributed by atoms with van der Waals surface area (Å²) < 4.78 is 1.52. The number of aromatic amines is 1. The number of nitrogens with one attached hydrogen (secondary N) is 3. The molecule has 168 valence electrons. The lowest BCUT2D eigenvalue weighted by atomic mass is 10.2. The summed E-state index contributed by atoms with van der Waals surface area (Å²) in [6, 6.07) is 7.55. The Morgan fingerprint density at radius 2 is 1.79 bits per heavy atom. The summed E-state index contributed by atoms with van der Waals surface area (Å²) in [5.41, 5.74) is 3.08. The molecular formula is C22H24N10O. The summed E-state index contributed by atoms with van der Waals surface area (Å²) in [5.74, 6) is 2.02. The molecule has 33 heavy (non-hydrogen) atoms. The third kappa shape index (κ3) is 4.56. The first kappa shape index (κ1) is 20.7.